The van der Waals surface area contributed by atoms with Gasteiger partial charge in [0.2, 0.25) is 0 Å². The van der Waals surface area contributed by atoms with E-state index in [1.807, 2.05) is 0 Å². The summed E-state index contributed by atoms with van der Waals surface area (Å²) in [5.41, 5.74) is 0.575. The highest BCUT2D eigenvalue weighted by molar-refractivity contribution is 6.03. The molecule has 1 saturated carbocycles. The fourth-order valence-electron chi connectivity index (χ4n) is 2.84. The van der Waals surface area contributed by atoms with E-state index < -0.39 is 10.8 Å². The highest BCUT2D eigenvalue weighted by atomic mass is 16.6. The summed E-state index contributed by atoms with van der Waals surface area (Å²) in [5, 5.41) is 13.3. The lowest BCUT2D eigenvalue weighted by atomic mass is 10.2. The summed E-state index contributed by atoms with van der Waals surface area (Å²) in [6, 6.07) is 7.14. The maximum absolute atomic E-state index is 12.4. The largest absolute Gasteiger partial charge is 0.491 e. The number of nitrogens with zero attached hydrogens (tertiary/aromatic N) is 2. The summed E-state index contributed by atoms with van der Waals surface area (Å²) in [6.45, 7) is 0. The number of nitrogens with one attached hydrogen (secondary N) is 1. The van der Waals surface area contributed by atoms with Gasteiger partial charge in [-0.3, -0.25) is 14.9 Å². The normalized spacial score (nSPS) is 14.0. The molecule has 0 bridgehead atoms. The molecule has 0 spiro atoms. The number of aromatic nitrogens is 1. The van der Waals surface area contributed by atoms with Gasteiger partial charge in [0.1, 0.15) is 5.69 Å². The van der Waals surface area contributed by atoms with Crippen LogP contribution in [-0.2, 0) is 0 Å². The number of carbonyl (C=O) groups excluding carboxylic acids is 1. The molecule has 0 saturated heterocycles. The van der Waals surface area contributed by atoms with Crippen LogP contribution in [0.15, 0.2) is 36.5 Å². The molecule has 1 amide bonds. The Morgan fingerprint density at radius 2 is 1.92 bits per heavy atom. The second kappa shape index (κ2) is 7.81. The number of anilines is 1. The lowest BCUT2D eigenvalue weighted by Gasteiger charge is -2.16. The van der Waals surface area contributed by atoms with Crippen LogP contribution < -0.4 is 14.8 Å². The van der Waals surface area contributed by atoms with Gasteiger partial charge in [-0.05, 0) is 37.8 Å². The Morgan fingerprint density at radius 1 is 1.23 bits per heavy atom. The van der Waals surface area contributed by atoms with Crippen molar-refractivity contribution >= 4 is 17.3 Å². The van der Waals surface area contributed by atoms with Gasteiger partial charge in [-0.2, -0.15) is 0 Å². The van der Waals surface area contributed by atoms with Crippen LogP contribution in [0.25, 0.3) is 0 Å². The Hall–Kier alpha value is -3.16. The zero-order chi connectivity index (χ0) is 18.5. The molecule has 0 radical (unpaired) electrons. The van der Waals surface area contributed by atoms with Crippen LogP contribution in [0, 0.1) is 10.1 Å². The molecule has 0 unspecified atom stereocenters. The summed E-state index contributed by atoms with van der Waals surface area (Å²) < 4.78 is 11.2. The predicted molar refractivity (Wildman–Crippen MR) is 94.7 cm³/mol. The molecule has 1 aromatic carbocycles. The number of non-ortho nitro benzene ring substituents is 1. The molecule has 136 valence electrons. The Bertz CT molecular complexity index is 801. The lowest BCUT2D eigenvalue weighted by Crippen LogP contribution is -2.16. The third kappa shape index (κ3) is 4.08. The van der Waals surface area contributed by atoms with Crippen molar-refractivity contribution in [2.45, 2.75) is 31.8 Å². The zero-order valence-electron chi connectivity index (χ0n) is 14.3. The van der Waals surface area contributed by atoms with Crippen LogP contribution >= 0.6 is 0 Å². The molecule has 1 N–H and O–H groups in total. The SMILES string of the molecule is COc1cnc(C(=O)Nc2ccc([N+](=O)[O-])cc2)cc1OC1CCCC1. The van der Waals surface area contributed by atoms with Gasteiger partial charge in [-0.15, -0.1) is 0 Å². The molecular formula is C18H19N3O5. The first kappa shape index (κ1) is 17.7. The molecule has 8 heteroatoms. The molecule has 1 heterocycles. The topological polar surface area (TPSA) is 104 Å². The second-order valence-corrected chi connectivity index (χ2v) is 6.00. The van der Waals surface area contributed by atoms with E-state index in [9.17, 15) is 14.9 Å². The van der Waals surface area contributed by atoms with E-state index in [0.29, 0.717) is 17.2 Å². The first-order chi connectivity index (χ1) is 12.6. The van der Waals surface area contributed by atoms with E-state index >= 15 is 0 Å². The van der Waals surface area contributed by atoms with Gasteiger partial charge in [0.15, 0.2) is 11.5 Å². The number of hydrogen-bond donors (Lipinski definition) is 1. The molecule has 26 heavy (non-hydrogen) atoms. The fraction of sp³-hybridized carbons (Fsp3) is 0.333. The molecule has 1 aliphatic carbocycles. The van der Waals surface area contributed by atoms with Crippen molar-refractivity contribution in [3.63, 3.8) is 0 Å². The number of nitro benzene ring substituents is 1. The van der Waals surface area contributed by atoms with Crippen LogP contribution in [0.2, 0.25) is 0 Å². The average Bonchev–Trinajstić information content (AvgIpc) is 3.15. The van der Waals surface area contributed by atoms with E-state index in [2.05, 4.69) is 10.3 Å². The number of methoxy groups -OCH3 is 1. The summed E-state index contributed by atoms with van der Waals surface area (Å²) in [4.78, 5) is 26.7. The minimum Gasteiger partial charge on any atom is -0.491 e. The first-order valence-electron chi connectivity index (χ1n) is 8.33. The maximum atomic E-state index is 12.4. The van der Waals surface area contributed by atoms with Gasteiger partial charge in [0, 0.05) is 23.9 Å². The molecule has 1 aliphatic rings. The Labute approximate surface area is 150 Å². The maximum Gasteiger partial charge on any atom is 0.274 e. The fourth-order valence-corrected chi connectivity index (χ4v) is 2.84. The number of nitro groups is 1. The van der Waals surface area contributed by atoms with Crippen molar-refractivity contribution in [3.8, 4) is 11.5 Å². The molecule has 1 fully saturated rings. The lowest BCUT2D eigenvalue weighted by molar-refractivity contribution is -0.384. The van der Waals surface area contributed by atoms with Gasteiger partial charge in [-0.1, -0.05) is 0 Å². The van der Waals surface area contributed by atoms with Crippen LogP contribution in [0.1, 0.15) is 36.2 Å². The van der Waals surface area contributed by atoms with Crippen LogP contribution in [-0.4, -0.2) is 29.0 Å². The average molecular weight is 357 g/mol. The van der Waals surface area contributed by atoms with Crippen molar-refractivity contribution < 1.29 is 19.2 Å². The number of amides is 1. The summed E-state index contributed by atoms with van der Waals surface area (Å²) in [7, 11) is 1.52. The highest BCUT2D eigenvalue weighted by Gasteiger charge is 2.20. The van der Waals surface area contributed by atoms with E-state index in [1.165, 1.54) is 37.6 Å². The van der Waals surface area contributed by atoms with Crippen molar-refractivity contribution in [1.82, 2.24) is 4.98 Å². The quantitative estimate of drug-likeness (QED) is 0.626. The standard InChI is InChI=1S/C18H19N3O5/c1-25-17-11-19-15(10-16(17)26-14-4-2-3-5-14)18(22)20-12-6-8-13(9-7-12)21(23)24/h6-11,14H,2-5H2,1H3,(H,20,22). The molecule has 2 aromatic rings. The van der Waals surface area contributed by atoms with Gasteiger partial charge < -0.3 is 14.8 Å². The van der Waals surface area contributed by atoms with Crippen LogP contribution in [0.4, 0.5) is 11.4 Å². The number of rotatable bonds is 6. The zero-order valence-corrected chi connectivity index (χ0v) is 14.3. The number of ether oxygens (including phenoxy) is 2. The number of carbonyl (C=O) groups is 1. The van der Waals surface area contributed by atoms with Crippen molar-refractivity contribution in [1.29, 1.82) is 0 Å². The number of hydrogen-bond acceptors (Lipinski definition) is 6. The molecule has 0 aliphatic heterocycles. The Kier molecular flexibility index (Phi) is 5.31. The van der Waals surface area contributed by atoms with Gasteiger partial charge in [0.25, 0.3) is 11.6 Å². The molecule has 1 aromatic heterocycles. The summed E-state index contributed by atoms with van der Waals surface area (Å²) in [6.07, 6.45) is 5.80. The first-order valence-corrected chi connectivity index (χ1v) is 8.33. The monoisotopic (exact) mass is 357 g/mol. The number of benzene rings is 1. The van der Waals surface area contributed by atoms with E-state index in [1.54, 1.807) is 6.07 Å². The van der Waals surface area contributed by atoms with Crippen LogP contribution in [0.3, 0.4) is 0 Å². The van der Waals surface area contributed by atoms with E-state index in [4.69, 9.17) is 9.47 Å². The van der Waals surface area contributed by atoms with Crippen molar-refractivity contribution in [2.75, 3.05) is 12.4 Å². The van der Waals surface area contributed by atoms with Gasteiger partial charge >= 0.3 is 0 Å². The van der Waals surface area contributed by atoms with Crippen molar-refractivity contribution in [2.24, 2.45) is 0 Å². The minimum atomic E-state index is -0.497. The minimum absolute atomic E-state index is 0.0437. The summed E-state index contributed by atoms with van der Waals surface area (Å²) >= 11 is 0. The number of pyridine rings is 1. The highest BCUT2D eigenvalue weighted by Crippen LogP contribution is 2.31. The molecule has 0 atom stereocenters. The third-order valence-corrected chi connectivity index (χ3v) is 4.22. The van der Waals surface area contributed by atoms with Gasteiger partial charge in [-0.25, -0.2) is 4.98 Å². The van der Waals surface area contributed by atoms with Crippen molar-refractivity contribution in [3.05, 3.63) is 52.3 Å². The van der Waals surface area contributed by atoms with Gasteiger partial charge in [0.05, 0.1) is 24.3 Å². The molecular weight excluding hydrogens is 338 g/mol. The van der Waals surface area contributed by atoms with E-state index in [-0.39, 0.29) is 17.5 Å². The Morgan fingerprint density at radius 3 is 2.54 bits per heavy atom. The van der Waals surface area contributed by atoms with E-state index in [0.717, 1.165) is 25.7 Å². The summed E-state index contributed by atoms with van der Waals surface area (Å²) in [5.74, 6) is 0.532. The smallest absolute Gasteiger partial charge is 0.274 e. The third-order valence-electron chi connectivity index (χ3n) is 4.22. The van der Waals surface area contributed by atoms with Crippen LogP contribution in [0.5, 0.6) is 11.5 Å². The Balaban J connectivity index is 1.74. The second-order valence-electron chi connectivity index (χ2n) is 6.00. The molecule has 3 rings (SSSR count). The molecule has 8 nitrogen and oxygen atoms in total. The predicted octanol–water partition coefficient (Wildman–Crippen LogP) is 3.57.